The van der Waals surface area contributed by atoms with Crippen LogP contribution in [0, 0.1) is 0 Å². The molecule has 1 aromatic carbocycles. The van der Waals surface area contributed by atoms with Crippen LogP contribution in [-0.2, 0) is 16.1 Å². The van der Waals surface area contributed by atoms with E-state index in [-0.39, 0.29) is 13.0 Å². The monoisotopic (exact) mass is 318 g/mol. The lowest BCUT2D eigenvalue weighted by molar-refractivity contribution is -0.144. The summed E-state index contributed by atoms with van der Waals surface area (Å²) in [5, 5.41) is 28.7. The zero-order chi connectivity index (χ0) is 13.7. The molecule has 5 nitrogen and oxygen atoms in total. The van der Waals surface area contributed by atoms with Crippen LogP contribution in [0.5, 0.6) is 0 Å². The van der Waals surface area contributed by atoms with Crippen molar-refractivity contribution >= 4 is 21.9 Å². The first-order valence-corrected chi connectivity index (χ1v) is 6.11. The molecule has 0 saturated heterocycles. The molecule has 0 radical (unpaired) electrons. The highest BCUT2D eigenvalue weighted by atomic mass is 79.9. The number of ether oxygens (including phenoxy) is 1. The minimum absolute atomic E-state index is 0.186. The van der Waals surface area contributed by atoms with Gasteiger partial charge in [-0.1, -0.05) is 22.0 Å². The molecule has 2 unspecified atom stereocenters. The highest BCUT2D eigenvalue weighted by Gasteiger charge is 2.22. The summed E-state index contributed by atoms with van der Waals surface area (Å²) >= 11 is 3.25. The second-order valence-electron chi connectivity index (χ2n) is 3.80. The third-order valence-electron chi connectivity index (χ3n) is 2.55. The quantitative estimate of drug-likeness (QED) is 0.702. The van der Waals surface area contributed by atoms with Gasteiger partial charge in [0.2, 0.25) is 0 Å². The van der Waals surface area contributed by atoms with E-state index in [1.807, 2.05) is 0 Å². The molecule has 0 aliphatic heterocycles. The zero-order valence-corrected chi connectivity index (χ0v) is 11.4. The molecule has 1 aromatic rings. The van der Waals surface area contributed by atoms with Crippen LogP contribution >= 0.6 is 15.9 Å². The fourth-order valence-electron chi connectivity index (χ4n) is 1.49. The predicted octanol–water partition coefficient (Wildman–Crippen LogP) is 0.899. The Morgan fingerprint density at radius 1 is 1.44 bits per heavy atom. The summed E-state index contributed by atoms with van der Waals surface area (Å²) in [6, 6.07) is 4.83. The minimum Gasteiger partial charge on any atom is -0.469 e. The molecular formula is C12H15BrO5. The summed E-state index contributed by atoms with van der Waals surface area (Å²) in [6.45, 7) is -0.186. The molecule has 3 N–H and O–H groups in total. The molecule has 0 amide bonds. The Bertz CT molecular complexity index is 421. The van der Waals surface area contributed by atoms with Gasteiger partial charge in [-0.25, -0.2) is 0 Å². The first-order valence-electron chi connectivity index (χ1n) is 5.31. The SMILES string of the molecule is COC(=O)CC(O)C(O)c1ccc(Br)c(CO)c1. The second kappa shape index (κ2) is 6.84. The van der Waals surface area contributed by atoms with Gasteiger partial charge in [0.15, 0.2) is 0 Å². The zero-order valence-electron chi connectivity index (χ0n) is 9.84. The summed E-state index contributed by atoms with van der Waals surface area (Å²) in [6.07, 6.45) is -2.74. The van der Waals surface area contributed by atoms with Crippen LogP contribution in [0.3, 0.4) is 0 Å². The van der Waals surface area contributed by atoms with E-state index in [4.69, 9.17) is 5.11 Å². The van der Waals surface area contributed by atoms with Gasteiger partial charge in [0.25, 0.3) is 0 Å². The van der Waals surface area contributed by atoms with Crippen molar-refractivity contribution in [2.75, 3.05) is 7.11 Å². The molecular weight excluding hydrogens is 304 g/mol. The Morgan fingerprint density at radius 2 is 2.11 bits per heavy atom. The molecule has 6 heteroatoms. The van der Waals surface area contributed by atoms with E-state index in [1.54, 1.807) is 18.2 Å². The molecule has 0 saturated carbocycles. The number of hydrogen-bond donors (Lipinski definition) is 3. The molecule has 0 aromatic heterocycles. The van der Waals surface area contributed by atoms with E-state index in [0.717, 1.165) is 0 Å². The van der Waals surface area contributed by atoms with Gasteiger partial charge in [0.05, 0.1) is 26.2 Å². The summed E-state index contributed by atoms with van der Waals surface area (Å²) in [7, 11) is 1.21. The standard InChI is InChI=1S/C12H15BrO5/c1-18-11(16)5-10(15)12(17)7-2-3-9(13)8(4-7)6-14/h2-4,10,12,14-15,17H,5-6H2,1H3. The number of methoxy groups -OCH3 is 1. The number of aliphatic hydroxyl groups excluding tert-OH is 3. The molecule has 2 atom stereocenters. The smallest absolute Gasteiger partial charge is 0.308 e. The van der Waals surface area contributed by atoms with Crippen molar-refractivity contribution in [1.29, 1.82) is 0 Å². The molecule has 0 aliphatic rings. The number of hydrogen-bond acceptors (Lipinski definition) is 5. The molecule has 0 heterocycles. The van der Waals surface area contributed by atoms with Gasteiger partial charge in [-0.2, -0.15) is 0 Å². The molecule has 18 heavy (non-hydrogen) atoms. The maximum atomic E-state index is 11.0. The Kier molecular flexibility index (Phi) is 5.74. The van der Waals surface area contributed by atoms with E-state index >= 15 is 0 Å². The van der Waals surface area contributed by atoms with Gasteiger partial charge < -0.3 is 20.1 Å². The third-order valence-corrected chi connectivity index (χ3v) is 3.32. The van der Waals surface area contributed by atoms with Crippen LogP contribution in [0.1, 0.15) is 23.7 Å². The molecule has 0 bridgehead atoms. The van der Waals surface area contributed by atoms with E-state index in [0.29, 0.717) is 15.6 Å². The first-order chi connectivity index (χ1) is 8.49. The lowest BCUT2D eigenvalue weighted by atomic mass is 10.0. The summed E-state index contributed by atoms with van der Waals surface area (Å²) in [5.74, 6) is -0.596. The summed E-state index contributed by atoms with van der Waals surface area (Å²) in [4.78, 5) is 11.0. The average Bonchev–Trinajstić information content (AvgIpc) is 2.38. The molecule has 0 fully saturated rings. The van der Waals surface area contributed by atoms with Crippen molar-refractivity contribution in [2.45, 2.75) is 25.2 Å². The second-order valence-corrected chi connectivity index (χ2v) is 4.66. The van der Waals surface area contributed by atoms with Crippen LogP contribution in [0.15, 0.2) is 22.7 Å². The number of rotatable bonds is 5. The lowest BCUT2D eigenvalue weighted by Crippen LogP contribution is -2.22. The van der Waals surface area contributed by atoms with Gasteiger partial charge >= 0.3 is 5.97 Å². The molecule has 100 valence electrons. The van der Waals surface area contributed by atoms with E-state index in [1.165, 1.54) is 7.11 Å². The Labute approximate surface area is 113 Å². The predicted molar refractivity (Wildman–Crippen MR) is 67.7 cm³/mol. The number of aliphatic hydroxyl groups is 3. The van der Waals surface area contributed by atoms with E-state index in [9.17, 15) is 15.0 Å². The Morgan fingerprint density at radius 3 is 2.67 bits per heavy atom. The van der Waals surface area contributed by atoms with Gasteiger partial charge in [-0.3, -0.25) is 4.79 Å². The van der Waals surface area contributed by atoms with Crippen LogP contribution in [0.25, 0.3) is 0 Å². The highest BCUT2D eigenvalue weighted by Crippen LogP contribution is 2.25. The van der Waals surface area contributed by atoms with Crippen molar-refractivity contribution < 1.29 is 24.9 Å². The summed E-state index contributed by atoms with van der Waals surface area (Å²) < 4.78 is 5.12. The van der Waals surface area contributed by atoms with Crippen LogP contribution in [-0.4, -0.2) is 34.5 Å². The minimum atomic E-state index is -1.25. The van der Waals surface area contributed by atoms with E-state index < -0.39 is 18.2 Å². The topological polar surface area (TPSA) is 87.0 Å². The summed E-state index contributed by atoms with van der Waals surface area (Å²) in [5.41, 5.74) is 1.02. The normalized spacial score (nSPS) is 14.1. The fraction of sp³-hybridized carbons (Fsp3) is 0.417. The van der Waals surface area contributed by atoms with Gasteiger partial charge in [0, 0.05) is 4.47 Å². The Hall–Kier alpha value is -0.950. The number of esters is 1. The number of benzene rings is 1. The van der Waals surface area contributed by atoms with Gasteiger partial charge in [-0.05, 0) is 23.3 Å². The van der Waals surface area contributed by atoms with Crippen molar-refractivity contribution in [3.05, 3.63) is 33.8 Å². The third kappa shape index (κ3) is 3.78. The highest BCUT2D eigenvalue weighted by molar-refractivity contribution is 9.10. The average molecular weight is 319 g/mol. The Balaban J connectivity index is 2.83. The maximum Gasteiger partial charge on any atom is 0.308 e. The van der Waals surface area contributed by atoms with Crippen molar-refractivity contribution in [1.82, 2.24) is 0 Å². The number of carbonyl (C=O) groups is 1. The fourth-order valence-corrected chi connectivity index (χ4v) is 1.86. The van der Waals surface area contributed by atoms with Crippen LogP contribution < -0.4 is 0 Å². The molecule has 0 aliphatic carbocycles. The van der Waals surface area contributed by atoms with Crippen molar-refractivity contribution in [3.8, 4) is 0 Å². The first kappa shape index (κ1) is 15.1. The van der Waals surface area contributed by atoms with Crippen molar-refractivity contribution in [2.24, 2.45) is 0 Å². The lowest BCUT2D eigenvalue weighted by Gasteiger charge is -2.18. The van der Waals surface area contributed by atoms with Crippen LogP contribution in [0.2, 0.25) is 0 Å². The number of halogens is 1. The van der Waals surface area contributed by atoms with Crippen molar-refractivity contribution in [3.63, 3.8) is 0 Å². The van der Waals surface area contributed by atoms with Gasteiger partial charge in [0.1, 0.15) is 6.10 Å². The molecule has 1 rings (SSSR count). The van der Waals surface area contributed by atoms with E-state index in [2.05, 4.69) is 20.7 Å². The molecule has 0 spiro atoms. The van der Waals surface area contributed by atoms with Gasteiger partial charge in [-0.15, -0.1) is 0 Å². The maximum absolute atomic E-state index is 11.0. The largest absolute Gasteiger partial charge is 0.469 e. The number of carbonyl (C=O) groups excluding carboxylic acids is 1. The van der Waals surface area contributed by atoms with Crippen LogP contribution in [0.4, 0.5) is 0 Å².